The van der Waals surface area contributed by atoms with Gasteiger partial charge < -0.3 is 16.4 Å². The predicted octanol–water partition coefficient (Wildman–Crippen LogP) is 4.59. The molecule has 2 amide bonds. The second-order valence-electron chi connectivity index (χ2n) is 6.97. The first kappa shape index (κ1) is 22.1. The Kier molecular flexibility index (Phi) is 8.15. The number of nitrogen functional groups attached to an aromatic ring is 1. The molecule has 3 rings (SSSR count). The van der Waals surface area contributed by atoms with Crippen molar-refractivity contribution in [1.82, 2.24) is 5.32 Å². The zero-order valence-corrected chi connectivity index (χ0v) is 17.1. The van der Waals surface area contributed by atoms with E-state index in [0.29, 0.717) is 22.0 Å². The van der Waals surface area contributed by atoms with E-state index in [2.05, 4.69) is 10.6 Å². The molecule has 0 saturated heterocycles. The van der Waals surface area contributed by atoms with Crippen LogP contribution in [0.1, 0.15) is 48.0 Å². The van der Waals surface area contributed by atoms with Gasteiger partial charge in [0.05, 0.1) is 17.0 Å². The molecule has 2 aromatic rings. The zero-order valence-electron chi connectivity index (χ0n) is 15.5. The summed E-state index contributed by atoms with van der Waals surface area (Å²) in [5.41, 5.74) is 8.11. The fourth-order valence-corrected chi connectivity index (χ4v) is 3.52. The van der Waals surface area contributed by atoms with Crippen molar-refractivity contribution >= 4 is 47.2 Å². The van der Waals surface area contributed by atoms with Crippen LogP contribution in [0.25, 0.3) is 0 Å². The SMILES string of the molecule is Cl.Nc1ccc(CC(=O)Nc2ccc(Cl)c(C(=O)NC3CCCCC3)c2)cc1. The van der Waals surface area contributed by atoms with Gasteiger partial charge in [-0.05, 0) is 48.7 Å². The van der Waals surface area contributed by atoms with E-state index in [1.54, 1.807) is 30.3 Å². The molecule has 28 heavy (non-hydrogen) atoms. The van der Waals surface area contributed by atoms with E-state index in [4.69, 9.17) is 17.3 Å². The Morgan fingerprint density at radius 3 is 2.39 bits per heavy atom. The topological polar surface area (TPSA) is 84.2 Å². The third-order valence-electron chi connectivity index (χ3n) is 4.78. The van der Waals surface area contributed by atoms with Crippen LogP contribution in [0.2, 0.25) is 5.02 Å². The number of hydrogen-bond acceptors (Lipinski definition) is 3. The molecule has 2 aromatic carbocycles. The lowest BCUT2D eigenvalue weighted by atomic mass is 9.95. The Hall–Kier alpha value is -2.24. The molecule has 0 heterocycles. The Labute approximate surface area is 176 Å². The third kappa shape index (κ3) is 6.14. The van der Waals surface area contributed by atoms with E-state index in [-0.39, 0.29) is 36.7 Å². The van der Waals surface area contributed by atoms with Gasteiger partial charge in [0.2, 0.25) is 5.91 Å². The molecule has 4 N–H and O–H groups in total. The first-order valence-electron chi connectivity index (χ1n) is 9.26. The van der Waals surface area contributed by atoms with Crippen molar-refractivity contribution < 1.29 is 9.59 Å². The molecule has 0 aromatic heterocycles. The predicted molar refractivity (Wildman–Crippen MR) is 116 cm³/mol. The van der Waals surface area contributed by atoms with Gasteiger partial charge in [-0.25, -0.2) is 0 Å². The normalized spacial score (nSPS) is 14.0. The lowest BCUT2D eigenvalue weighted by Gasteiger charge is -2.23. The summed E-state index contributed by atoms with van der Waals surface area (Å²) in [6, 6.07) is 12.3. The molecular weight excluding hydrogens is 397 g/mol. The minimum absolute atomic E-state index is 0. The lowest BCUT2D eigenvalue weighted by molar-refractivity contribution is -0.115. The average molecular weight is 422 g/mol. The first-order valence-corrected chi connectivity index (χ1v) is 9.64. The number of carbonyl (C=O) groups excluding carboxylic acids is 2. The molecular formula is C21H25Cl2N3O2. The van der Waals surface area contributed by atoms with Gasteiger partial charge in [0.25, 0.3) is 5.91 Å². The molecule has 1 fully saturated rings. The average Bonchev–Trinajstić information content (AvgIpc) is 2.66. The standard InChI is InChI=1S/C21H24ClN3O2.ClH/c22-19-11-10-17(24-20(26)12-14-6-8-15(23)9-7-14)13-18(19)21(27)25-16-4-2-1-3-5-16;/h6-11,13,16H,1-5,12,23H2,(H,24,26)(H,25,27);1H. The van der Waals surface area contributed by atoms with E-state index < -0.39 is 0 Å². The highest BCUT2D eigenvalue weighted by atomic mass is 35.5. The summed E-state index contributed by atoms with van der Waals surface area (Å²) >= 11 is 6.20. The molecule has 5 nitrogen and oxygen atoms in total. The monoisotopic (exact) mass is 421 g/mol. The number of rotatable bonds is 5. The van der Waals surface area contributed by atoms with Gasteiger partial charge in [-0.3, -0.25) is 9.59 Å². The number of benzene rings is 2. The molecule has 1 aliphatic rings. The Morgan fingerprint density at radius 1 is 1.04 bits per heavy atom. The highest BCUT2D eigenvalue weighted by Gasteiger charge is 2.19. The minimum atomic E-state index is -0.193. The van der Waals surface area contributed by atoms with Crippen LogP contribution in [0.5, 0.6) is 0 Å². The van der Waals surface area contributed by atoms with Crippen LogP contribution in [0.15, 0.2) is 42.5 Å². The number of nitrogens with two attached hydrogens (primary N) is 1. The van der Waals surface area contributed by atoms with Crippen LogP contribution in [-0.4, -0.2) is 17.9 Å². The third-order valence-corrected chi connectivity index (χ3v) is 5.11. The van der Waals surface area contributed by atoms with E-state index in [0.717, 1.165) is 31.2 Å². The highest BCUT2D eigenvalue weighted by Crippen LogP contribution is 2.23. The summed E-state index contributed by atoms with van der Waals surface area (Å²) in [6.45, 7) is 0. The van der Waals surface area contributed by atoms with Crippen molar-refractivity contribution in [1.29, 1.82) is 0 Å². The van der Waals surface area contributed by atoms with Crippen LogP contribution in [-0.2, 0) is 11.2 Å². The van der Waals surface area contributed by atoms with Crippen molar-refractivity contribution in [2.75, 3.05) is 11.1 Å². The molecule has 0 bridgehead atoms. The van der Waals surface area contributed by atoms with Gasteiger partial charge in [-0.2, -0.15) is 0 Å². The number of hydrogen-bond donors (Lipinski definition) is 3. The number of amides is 2. The Bertz CT molecular complexity index is 819. The summed E-state index contributed by atoms with van der Waals surface area (Å²) in [6.07, 6.45) is 5.73. The second-order valence-corrected chi connectivity index (χ2v) is 7.38. The van der Waals surface area contributed by atoms with Crippen molar-refractivity contribution in [3.8, 4) is 0 Å². The molecule has 1 saturated carbocycles. The van der Waals surface area contributed by atoms with Crippen LogP contribution in [0, 0.1) is 0 Å². The maximum Gasteiger partial charge on any atom is 0.253 e. The van der Waals surface area contributed by atoms with Crippen molar-refractivity contribution in [3.05, 3.63) is 58.6 Å². The highest BCUT2D eigenvalue weighted by molar-refractivity contribution is 6.34. The van der Waals surface area contributed by atoms with Gasteiger partial charge >= 0.3 is 0 Å². The summed E-state index contributed by atoms with van der Waals surface area (Å²) in [4.78, 5) is 24.8. The molecule has 0 aliphatic heterocycles. The van der Waals surface area contributed by atoms with Crippen molar-refractivity contribution in [2.24, 2.45) is 0 Å². The van der Waals surface area contributed by atoms with Gasteiger partial charge in [0.1, 0.15) is 0 Å². The lowest BCUT2D eigenvalue weighted by Crippen LogP contribution is -2.36. The molecule has 150 valence electrons. The fraction of sp³-hybridized carbons (Fsp3) is 0.333. The summed E-state index contributed by atoms with van der Waals surface area (Å²) in [7, 11) is 0. The van der Waals surface area contributed by atoms with E-state index >= 15 is 0 Å². The summed E-state index contributed by atoms with van der Waals surface area (Å²) < 4.78 is 0. The second kappa shape index (κ2) is 10.3. The number of anilines is 2. The maximum absolute atomic E-state index is 12.6. The van der Waals surface area contributed by atoms with Crippen LogP contribution < -0.4 is 16.4 Å². The zero-order chi connectivity index (χ0) is 19.2. The van der Waals surface area contributed by atoms with Crippen molar-refractivity contribution in [3.63, 3.8) is 0 Å². The van der Waals surface area contributed by atoms with E-state index in [9.17, 15) is 9.59 Å². The maximum atomic E-state index is 12.6. The number of halogens is 2. The molecule has 1 aliphatic carbocycles. The fourth-order valence-electron chi connectivity index (χ4n) is 3.31. The molecule has 0 atom stereocenters. The van der Waals surface area contributed by atoms with Gasteiger partial charge in [0, 0.05) is 17.4 Å². The van der Waals surface area contributed by atoms with Gasteiger partial charge in [-0.15, -0.1) is 12.4 Å². The Balaban J connectivity index is 0.00000280. The Morgan fingerprint density at radius 2 is 1.71 bits per heavy atom. The smallest absolute Gasteiger partial charge is 0.253 e. The molecule has 7 heteroatoms. The van der Waals surface area contributed by atoms with Gasteiger partial charge in [0.15, 0.2) is 0 Å². The van der Waals surface area contributed by atoms with Crippen LogP contribution >= 0.6 is 24.0 Å². The van der Waals surface area contributed by atoms with Crippen LogP contribution in [0.3, 0.4) is 0 Å². The van der Waals surface area contributed by atoms with E-state index in [1.165, 1.54) is 6.42 Å². The first-order chi connectivity index (χ1) is 13.0. The van der Waals surface area contributed by atoms with Crippen LogP contribution in [0.4, 0.5) is 11.4 Å². The number of nitrogens with one attached hydrogen (secondary N) is 2. The minimum Gasteiger partial charge on any atom is -0.399 e. The summed E-state index contributed by atoms with van der Waals surface area (Å²) in [5.74, 6) is -0.359. The molecule has 0 radical (unpaired) electrons. The number of carbonyl (C=O) groups is 2. The largest absolute Gasteiger partial charge is 0.399 e. The summed E-state index contributed by atoms with van der Waals surface area (Å²) in [5, 5.41) is 6.25. The molecule has 0 unspecified atom stereocenters. The molecule has 0 spiro atoms. The van der Waals surface area contributed by atoms with Gasteiger partial charge in [-0.1, -0.05) is 43.0 Å². The van der Waals surface area contributed by atoms with E-state index in [1.807, 2.05) is 12.1 Å². The quantitative estimate of drug-likeness (QED) is 0.617. The van der Waals surface area contributed by atoms with Crippen molar-refractivity contribution in [2.45, 2.75) is 44.6 Å².